The molecule has 0 bridgehead atoms. The highest BCUT2D eigenvalue weighted by atomic mass is 32.2. The van der Waals surface area contributed by atoms with Crippen LogP contribution in [-0.4, -0.2) is 86.9 Å². The lowest BCUT2D eigenvalue weighted by Crippen LogP contribution is -2.49. The highest BCUT2D eigenvalue weighted by molar-refractivity contribution is 7.90. The van der Waals surface area contributed by atoms with Crippen LogP contribution in [0.2, 0.25) is 0 Å². The van der Waals surface area contributed by atoms with Crippen molar-refractivity contribution in [2.75, 3.05) is 23.6 Å². The van der Waals surface area contributed by atoms with E-state index in [4.69, 9.17) is 9.47 Å². The van der Waals surface area contributed by atoms with E-state index in [9.17, 15) is 35.2 Å². The number of nitrogens with one attached hydrogen (secondary N) is 1. The standard InChI is InChI=1S/C31H30F5N9O5S/c1-49-28-41-11-18(12-42-28)24-15-39-25(16-38-24)45(29(46)50-21-8-30(32,33)9-21)20-5-3-19(4-6-20)43-27-40-14-23(31(34,35)36)26(44-27)17-7-22(13-37-10-17)51(2,47)48/h7,10-16,19-21H,3-6,8-9H2,1-2H3,(H,40,43,44)/t19-,20-. The highest BCUT2D eigenvalue weighted by Crippen LogP contribution is 2.40. The van der Waals surface area contributed by atoms with Crippen molar-refractivity contribution >= 4 is 27.7 Å². The number of carbonyl (C=O) groups excluding carboxylic acids is 1. The molecule has 2 aliphatic carbocycles. The van der Waals surface area contributed by atoms with Crippen molar-refractivity contribution in [1.29, 1.82) is 0 Å². The Bertz CT molecular complexity index is 1990. The van der Waals surface area contributed by atoms with Crippen LogP contribution in [0.25, 0.3) is 22.5 Å². The van der Waals surface area contributed by atoms with Crippen molar-refractivity contribution in [3.63, 3.8) is 0 Å². The molecule has 51 heavy (non-hydrogen) atoms. The second kappa shape index (κ2) is 13.9. The number of anilines is 2. The number of aromatic nitrogens is 7. The number of alkyl halides is 5. The van der Waals surface area contributed by atoms with Gasteiger partial charge in [0.1, 0.15) is 11.7 Å². The van der Waals surface area contributed by atoms with Crippen molar-refractivity contribution in [2.45, 2.75) is 73.7 Å². The summed E-state index contributed by atoms with van der Waals surface area (Å²) in [5.74, 6) is -2.91. The van der Waals surface area contributed by atoms with Crippen LogP contribution in [0, 0.1) is 0 Å². The molecule has 4 aromatic heterocycles. The van der Waals surface area contributed by atoms with Gasteiger partial charge in [-0.2, -0.15) is 13.2 Å². The van der Waals surface area contributed by atoms with Gasteiger partial charge in [-0.15, -0.1) is 0 Å². The van der Waals surface area contributed by atoms with Gasteiger partial charge < -0.3 is 14.8 Å². The fraction of sp³-hybridized carbons (Fsp3) is 0.419. The molecule has 20 heteroatoms. The van der Waals surface area contributed by atoms with E-state index in [0.717, 1.165) is 24.7 Å². The predicted molar refractivity (Wildman–Crippen MR) is 170 cm³/mol. The molecular formula is C31H30F5N9O5S. The van der Waals surface area contributed by atoms with Crippen LogP contribution in [0.5, 0.6) is 6.01 Å². The Kier molecular flexibility index (Phi) is 9.71. The Labute approximate surface area is 287 Å². The summed E-state index contributed by atoms with van der Waals surface area (Å²) in [6.07, 6.45) is 3.05. The number of methoxy groups -OCH3 is 1. The van der Waals surface area contributed by atoms with Crippen LogP contribution in [0.15, 0.2) is 54.3 Å². The molecule has 2 aliphatic rings. The fourth-order valence-electron chi connectivity index (χ4n) is 5.76. The molecule has 0 radical (unpaired) electrons. The summed E-state index contributed by atoms with van der Waals surface area (Å²) in [5.41, 5.74) is -0.958. The Balaban J connectivity index is 1.19. The second-order valence-corrected chi connectivity index (χ2v) is 14.2. The van der Waals surface area contributed by atoms with Gasteiger partial charge in [-0.05, 0) is 31.7 Å². The molecule has 0 unspecified atom stereocenters. The zero-order valence-corrected chi connectivity index (χ0v) is 27.8. The topological polar surface area (TPSA) is 175 Å². The molecular weight excluding hydrogens is 705 g/mol. The molecule has 1 amide bonds. The summed E-state index contributed by atoms with van der Waals surface area (Å²) in [7, 11) is -2.35. The maximum Gasteiger partial charge on any atom is 0.419 e. The Morgan fingerprint density at radius 1 is 0.922 bits per heavy atom. The molecule has 4 aromatic rings. The van der Waals surface area contributed by atoms with Gasteiger partial charge in [-0.3, -0.25) is 14.9 Å². The first-order chi connectivity index (χ1) is 24.1. The lowest BCUT2D eigenvalue weighted by molar-refractivity contribution is -0.144. The van der Waals surface area contributed by atoms with Crippen molar-refractivity contribution in [3.8, 4) is 28.5 Å². The third-order valence-corrected chi connectivity index (χ3v) is 9.49. The molecule has 0 spiro atoms. The van der Waals surface area contributed by atoms with Gasteiger partial charge >= 0.3 is 18.3 Å². The first kappa shape index (κ1) is 35.7. The van der Waals surface area contributed by atoms with Crippen molar-refractivity contribution in [3.05, 3.63) is 55.0 Å². The summed E-state index contributed by atoms with van der Waals surface area (Å²) >= 11 is 0. The molecule has 0 saturated heterocycles. The molecule has 2 fully saturated rings. The minimum Gasteiger partial charge on any atom is -0.467 e. The van der Waals surface area contributed by atoms with Crippen molar-refractivity contribution < 1.29 is 44.6 Å². The number of carbonyl (C=O) groups is 1. The number of pyridine rings is 1. The summed E-state index contributed by atoms with van der Waals surface area (Å²) in [6.45, 7) is 0. The summed E-state index contributed by atoms with van der Waals surface area (Å²) in [4.78, 5) is 43.1. The summed E-state index contributed by atoms with van der Waals surface area (Å²) in [5, 5.41) is 3.04. The molecule has 0 atom stereocenters. The Morgan fingerprint density at radius 2 is 1.63 bits per heavy atom. The monoisotopic (exact) mass is 735 g/mol. The quantitative estimate of drug-likeness (QED) is 0.217. The van der Waals surface area contributed by atoms with Gasteiger partial charge in [0, 0.05) is 73.3 Å². The lowest BCUT2D eigenvalue weighted by atomic mass is 9.90. The normalized spacial score (nSPS) is 19.1. The van der Waals surface area contributed by atoms with Gasteiger partial charge in [0.25, 0.3) is 5.92 Å². The fourth-order valence-corrected chi connectivity index (χ4v) is 6.35. The average Bonchev–Trinajstić information content (AvgIpc) is 3.08. The minimum atomic E-state index is -4.84. The molecule has 0 aromatic carbocycles. The van der Waals surface area contributed by atoms with E-state index >= 15 is 0 Å². The van der Waals surface area contributed by atoms with Crippen molar-refractivity contribution in [1.82, 2.24) is 34.9 Å². The van der Waals surface area contributed by atoms with E-state index in [2.05, 4.69) is 40.2 Å². The van der Waals surface area contributed by atoms with E-state index in [1.807, 2.05) is 0 Å². The van der Waals surface area contributed by atoms with E-state index in [-0.39, 0.29) is 34.3 Å². The van der Waals surface area contributed by atoms with Gasteiger partial charge in [-0.1, -0.05) is 0 Å². The van der Waals surface area contributed by atoms with Crippen LogP contribution < -0.4 is 15.0 Å². The molecule has 1 N–H and O–H groups in total. The van der Waals surface area contributed by atoms with E-state index in [1.54, 1.807) is 0 Å². The molecule has 6 rings (SSSR count). The van der Waals surface area contributed by atoms with Crippen LogP contribution in [0.4, 0.5) is 38.5 Å². The number of ether oxygens (including phenoxy) is 2. The van der Waals surface area contributed by atoms with Gasteiger partial charge in [0.2, 0.25) is 5.95 Å². The van der Waals surface area contributed by atoms with E-state index in [0.29, 0.717) is 43.1 Å². The van der Waals surface area contributed by atoms with E-state index < -0.39 is 64.3 Å². The third-order valence-electron chi connectivity index (χ3n) is 8.41. The van der Waals surface area contributed by atoms with Gasteiger partial charge in [-0.25, -0.2) is 46.9 Å². The van der Waals surface area contributed by atoms with Crippen LogP contribution in [-0.2, 0) is 20.8 Å². The lowest BCUT2D eigenvalue weighted by Gasteiger charge is -2.39. The molecule has 4 heterocycles. The first-order valence-corrected chi connectivity index (χ1v) is 17.4. The van der Waals surface area contributed by atoms with Crippen LogP contribution in [0.1, 0.15) is 44.1 Å². The highest BCUT2D eigenvalue weighted by Gasteiger charge is 2.48. The SMILES string of the molecule is COc1ncc(-c2cnc(N(C(=O)OC3CC(F)(F)C3)[C@H]3CC[C@H](Nc4ncc(C(F)(F)F)c(-c5cncc(S(C)(=O)=O)c5)n4)CC3)cn2)cn1. The molecule has 270 valence electrons. The maximum atomic E-state index is 13.9. The molecule has 2 saturated carbocycles. The predicted octanol–water partition coefficient (Wildman–Crippen LogP) is 5.38. The van der Waals surface area contributed by atoms with Gasteiger partial charge in [0.15, 0.2) is 15.7 Å². The summed E-state index contributed by atoms with van der Waals surface area (Å²) in [6, 6.07) is 0.395. The number of hydrogen-bond donors (Lipinski definition) is 1. The first-order valence-electron chi connectivity index (χ1n) is 15.5. The largest absolute Gasteiger partial charge is 0.467 e. The van der Waals surface area contributed by atoms with Crippen LogP contribution in [0.3, 0.4) is 0 Å². The average molecular weight is 736 g/mol. The number of halogens is 5. The van der Waals surface area contributed by atoms with E-state index in [1.165, 1.54) is 36.8 Å². The molecule has 14 nitrogen and oxygen atoms in total. The minimum absolute atomic E-state index is 0.126. The zero-order chi connectivity index (χ0) is 36.6. The number of amides is 1. The Morgan fingerprint density at radius 3 is 2.22 bits per heavy atom. The number of sulfone groups is 1. The molecule has 0 aliphatic heterocycles. The smallest absolute Gasteiger partial charge is 0.419 e. The summed E-state index contributed by atoms with van der Waals surface area (Å²) < 4.78 is 103. The third kappa shape index (κ3) is 8.26. The zero-order valence-electron chi connectivity index (χ0n) is 27.0. The Hall–Kier alpha value is -5.14. The maximum absolute atomic E-state index is 13.9. The number of rotatable bonds is 9. The van der Waals surface area contributed by atoms with Crippen LogP contribution >= 0.6 is 0 Å². The second-order valence-electron chi connectivity index (χ2n) is 12.1. The number of hydrogen-bond acceptors (Lipinski definition) is 13. The van der Waals surface area contributed by atoms with Gasteiger partial charge in [0.05, 0.1) is 35.8 Å². The number of nitrogens with zero attached hydrogens (tertiary/aromatic N) is 8. The van der Waals surface area contributed by atoms with Crippen molar-refractivity contribution in [2.24, 2.45) is 0 Å².